The van der Waals surface area contributed by atoms with Crippen molar-refractivity contribution >= 4 is 29.8 Å². The number of nitrogens with one attached hydrogen (secondary N) is 1. The van der Waals surface area contributed by atoms with E-state index >= 15 is 0 Å². The Morgan fingerprint density at radius 3 is 1.34 bits per heavy atom. The summed E-state index contributed by atoms with van der Waals surface area (Å²) >= 11 is 5.28. The molecule has 4 fully saturated rings. The summed E-state index contributed by atoms with van der Waals surface area (Å²) in [5.74, 6) is 1.42. The van der Waals surface area contributed by atoms with Crippen LogP contribution in [0.2, 0.25) is 5.15 Å². The van der Waals surface area contributed by atoms with Crippen LogP contribution in [0.1, 0.15) is 100 Å². The molecule has 0 saturated carbocycles. The van der Waals surface area contributed by atoms with Gasteiger partial charge in [-0.05, 0) is 112 Å². The predicted molar refractivity (Wildman–Crippen MR) is 232 cm³/mol. The molecule has 376 valence electrons. The summed E-state index contributed by atoms with van der Waals surface area (Å²) in [6.07, 6.45) is -7.97. The number of hydrogen-bond acceptors (Lipinski definition) is 8. The molecule has 8 nitrogen and oxygen atoms in total. The highest BCUT2D eigenvalue weighted by Gasteiger charge is 2.43. The van der Waals surface area contributed by atoms with Crippen molar-refractivity contribution in [2.45, 2.75) is 139 Å². The first-order valence-corrected chi connectivity index (χ1v) is 22.2. The molecule has 6 atom stereocenters. The van der Waals surface area contributed by atoms with E-state index in [1.165, 1.54) is 18.2 Å². The first-order chi connectivity index (χ1) is 31.5. The van der Waals surface area contributed by atoms with Gasteiger partial charge in [0.2, 0.25) is 0 Å². The molecule has 1 N–H and O–H groups in total. The van der Waals surface area contributed by atoms with Gasteiger partial charge in [0.15, 0.2) is 23.0 Å². The molecule has 4 aliphatic rings. The fourth-order valence-corrected chi connectivity index (χ4v) is 8.63. The van der Waals surface area contributed by atoms with Crippen LogP contribution in [0.3, 0.4) is 0 Å². The minimum atomic E-state index is -4.48. The van der Waals surface area contributed by atoms with E-state index in [0.717, 1.165) is 93.6 Å². The van der Waals surface area contributed by atoms with Gasteiger partial charge in [-0.15, -0.1) is 12.4 Å². The molecule has 2 unspecified atom stereocenters. The number of hydrogen-bond donors (Lipinski definition) is 1. The Labute approximate surface area is 396 Å². The topological polar surface area (TPSA) is 78.0 Å². The number of benzene rings is 2. The molecule has 68 heavy (non-hydrogen) atoms. The number of piperidine rings is 2. The van der Waals surface area contributed by atoms with E-state index in [-0.39, 0.29) is 65.7 Å². The molecule has 22 heteroatoms. The van der Waals surface area contributed by atoms with Crippen LogP contribution in [-0.4, -0.2) is 59.6 Å². The Hall–Kier alpha value is -4.56. The second-order valence-corrected chi connectivity index (χ2v) is 17.0. The number of ether oxygens (including phenoxy) is 4. The highest BCUT2D eigenvalue weighted by Crippen LogP contribution is 2.44. The first-order valence-electron chi connectivity index (χ1n) is 21.8. The summed E-state index contributed by atoms with van der Waals surface area (Å²) in [5.41, 5.74) is -3.09. The van der Waals surface area contributed by atoms with Crippen LogP contribution < -0.4 is 29.2 Å². The average Bonchev–Trinajstić information content (AvgIpc) is 3.74. The van der Waals surface area contributed by atoms with E-state index in [2.05, 4.69) is 15.3 Å². The van der Waals surface area contributed by atoms with E-state index in [1.807, 2.05) is 18.7 Å². The minimum Gasteiger partial charge on any atom is -0.490 e. The van der Waals surface area contributed by atoms with E-state index < -0.39 is 47.0 Å². The lowest BCUT2D eigenvalue weighted by molar-refractivity contribution is -0.138. The zero-order chi connectivity index (χ0) is 48.7. The molecule has 8 rings (SSSR count). The number of rotatable bonds is 11. The Morgan fingerprint density at radius 2 is 0.956 bits per heavy atom. The van der Waals surface area contributed by atoms with Crippen LogP contribution in [0.25, 0.3) is 0 Å². The van der Waals surface area contributed by atoms with E-state index in [1.54, 1.807) is 0 Å². The van der Waals surface area contributed by atoms with Gasteiger partial charge in [-0.2, -0.15) is 52.7 Å². The van der Waals surface area contributed by atoms with E-state index in [4.69, 9.17) is 30.5 Å². The van der Waals surface area contributed by atoms with Crippen molar-refractivity contribution in [1.82, 2.24) is 15.3 Å². The van der Waals surface area contributed by atoms with Gasteiger partial charge < -0.3 is 29.2 Å². The normalized spacial score (nSPS) is 22.2. The lowest BCUT2D eigenvalue weighted by atomic mass is 9.99. The maximum Gasteiger partial charge on any atom is 0.417 e. The van der Waals surface area contributed by atoms with E-state index in [0.29, 0.717) is 55.7 Å². The molecule has 4 aromatic rings. The molecule has 4 bridgehead atoms. The average molecular weight is 1020 g/mol. The largest absolute Gasteiger partial charge is 0.490 e. The lowest BCUT2D eigenvalue weighted by Crippen LogP contribution is -2.46. The molecular weight excluding hydrogens is 971 g/mol. The van der Waals surface area contributed by atoms with Crippen LogP contribution in [0.4, 0.5) is 58.5 Å². The van der Waals surface area contributed by atoms with Crippen LogP contribution >= 0.6 is 24.0 Å². The number of nitrogens with zero attached hydrogens (tertiary/aromatic N) is 3. The van der Waals surface area contributed by atoms with Crippen molar-refractivity contribution in [1.29, 1.82) is 0 Å². The number of pyridine rings is 2. The zero-order valence-electron chi connectivity index (χ0n) is 36.7. The van der Waals surface area contributed by atoms with Gasteiger partial charge in [0.1, 0.15) is 23.2 Å². The van der Waals surface area contributed by atoms with Gasteiger partial charge in [0, 0.05) is 49.4 Å². The first kappa shape index (κ1) is 54.4. The summed E-state index contributed by atoms with van der Waals surface area (Å²) in [6.45, 7) is 4.41. The Morgan fingerprint density at radius 1 is 0.544 bits per heavy atom. The molecular formula is C46H50Cl2F12N4O4. The third kappa shape index (κ3) is 14.7. The summed E-state index contributed by atoms with van der Waals surface area (Å²) in [6, 6.07) is 12.1. The van der Waals surface area contributed by atoms with Gasteiger partial charge in [0.05, 0.1) is 35.5 Å². The van der Waals surface area contributed by atoms with Crippen LogP contribution in [0, 0.1) is 0 Å². The highest BCUT2D eigenvalue weighted by molar-refractivity contribution is 6.29. The van der Waals surface area contributed by atoms with Crippen molar-refractivity contribution in [3.05, 3.63) is 100 Å². The summed E-state index contributed by atoms with van der Waals surface area (Å²) in [4.78, 5) is 9.37. The number of aromatic nitrogens is 2. The van der Waals surface area contributed by atoms with Crippen LogP contribution in [-0.2, 0) is 24.7 Å². The van der Waals surface area contributed by atoms with Crippen molar-refractivity contribution in [2.24, 2.45) is 0 Å². The lowest BCUT2D eigenvalue weighted by Gasteiger charge is -2.39. The molecule has 0 amide bonds. The number of fused-ring (bicyclic) bond motifs is 4. The Bertz CT molecular complexity index is 2190. The Balaban J connectivity index is 0.000000213. The maximum absolute atomic E-state index is 13.1. The number of halogens is 14. The van der Waals surface area contributed by atoms with Gasteiger partial charge in [0.25, 0.3) is 0 Å². The summed E-state index contributed by atoms with van der Waals surface area (Å²) in [7, 11) is 0. The third-order valence-electron chi connectivity index (χ3n) is 11.6. The maximum atomic E-state index is 13.1. The van der Waals surface area contributed by atoms with Crippen molar-refractivity contribution in [3.8, 4) is 23.0 Å². The second kappa shape index (κ2) is 22.9. The van der Waals surface area contributed by atoms with E-state index in [9.17, 15) is 52.7 Å². The molecule has 2 aromatic heterocycles. The van der Waals surface area contributed by atoms with Gasteiger partial charge in [-0.1, -0.05) is 25.4 Å². The quantitative estimate of drug-likeness (QED) is 0.118. The number of anilines is 1. The van der Waals surface area contributed by atoms with Gasteiger partial charge in [-0.3, -0.25) is 0 Å². The smallest absolute Gasteiger partial charge is 0.417 e. The molecule has 4 saturated heterocycles. The molecule has 2 aromatic carbocycles. The van der Waals surface area contributed by atoms with Crippen molar-refractivity contribution in [2.75, 3.05) is 18.1 Å². The highest BCUT2D eigenvalue weighted by atomic mass is 35.5. The van der Waals surface area contributed by atoms with Gasteiger partial charge in [-0.25, -0.2) is 9.97 Å². The minimum absolute atomic E-state index is 0. The predicted octanol–water partition coefficient (Wildman–Crippen LogP) is 13.8. The molecule has 4 aliphatic heterocycles. The molecule has 0 radical (unpaired) electrons. The van der Waals surface area contributed by atoms with Crippen molar-refractivity contribution in [3.63, 3.8) is 0 Å². The molecule has 0 spiro atoms. The third-order valence-corrected chi connectivity index (χ3v) is 11.8. The van der Waals surface area contributed by atoms with Crippen LogP contribution in [0.15, 0.2) is 73.1 Å². The summed E-state index contributed by atoms with van der Waals surface area (Å²) < 4.78 is 175. The number of alkyl halides is 12. The summed E-state index contributed by atoms with van der Waals surface area (Å²) in [5, 5.41) is 3.58. The zero-order valence-corrected chi connectivity index (χ0v) is 38.2. The Kier molecular flexibility index (Phi) is 18.3. The van der Waals surface area contributed by atoms with Crippen LogP contribution in [0.5, 0.6) is 23.0 Å². The fourth-order valence-electron chi connectivity index (χ4n) is 8.52. The SMILES string of the molecule is CCCOc1cc(C(F)(F)F)ccc1OC1C[C@H]2CC[C@@H](C1)N2.CCCOc1cc(C(F)(F)F)ccc1OC1C[C@H]2CC[C@@H](C1)N2c1ccc(C(F)(F)F)cn1.Cl.FC(F)(F)c1ccc(Cl)nc1. The second-order valence-electron chi connectivity index (χ2n) is 16.6. The van der Waals surface area contributed by atoms with Crippen molar-refractivity contribution < 1.29 is 71.6 Å². The standard InChI is InChI=1S/C23H24F6N2O2.C17H22F3NO2.C6H3ClF3N.ClH/c1-2-9-32-20-10-14(22(24,25)26)3-7-19(20)33-18-11-16-5-6-17(12-18)31(16)21-8-4-15(13-30-21)23(27,28)29;1-2-7-22-16-8-11(17(18,19)20)3-6-15(16)23-14-9-12-4-5-13(10-14)21-12;7-5-2-1-4(3-11-5)6(8,9)10;/h3-4,7-8,10,13,16-18H,2,5-6,9,11-12H2,1H3;3,6,8,12-14,21H,2,4-5,7,9-10H2,1H3;1-3H;1H/t16-,17+,18?;12-,13+,14?;;. The molecule has 6 heterocycles. The molecule has 0 aliphatic carbocycles. The van der Waals surface area contributed by atoms with Gasteiger partial charge >= 0.3 is 24.7 Å². The fraction of sp³-hybridized carbons (Fsp3) is 0.522. The monoisotopic (exact) mass is 1020 g/mol.